The second-order valence-corrected chi connectivity index (χ2v) is 17.1. The maximum absolute atomic E-state index is 4.23. The van der Waals surface area contributed by atoms with Crippen molar-refractivity contribution in [2.75, 3.05) is 5.32 Å². The third-order valence-corrected chi connectivity index (χ3v) is 15.3. The van der Waals surface area contributed by atoms with E-state index in [-0.39, 0.29) is 0 Å². The molecule has 51 heavy (non-hydrogen) atoms. The van der Waals surface area contributed by atoms with E-state index in [1.165, 1.54) is 70.9 Å². The smallest absolute Gasteiger partial charge is 0.181 e. The molecule has 0 fully saturated rings. The zero-order chi connectivity index (χ0) is 34.0. The van der Waals surface area contributed by atoms with Gasteiger partial charge in [-0.3, -0.25) is 0 Å². The molecule has 1 nitrogen and oxygen atoms in total. The Morgan fingerprint density at radius 3 is 1.45 bits per heavy atom. The van der Waals surface area contributed by atoms with Crippen LogP contribution in [-0.4, -0.2) is 8.07 Å². The summed E-state index contributed by atoms with van der Waals surface area (Å²) in [7, 11) is -2.82. The Morgan fingerprint density at radius 2 is 0.863 bits per heavy atom. The van der Waals surface area contributed by atoms with Crippen LogP contribution in [-0.2, 0) is 6.42 Å². The Bertz CT molecular complexity index is 2340. The first-order chi connectivity index (χ1) is 25.3. The summed E-state index contributed by atoms with van der Waals surface area (Å²) in [5.41, 5.74) is 12.5. The van der Waals surface area contributed by atoms with E-state index in [1.54, 1.807) is 0 Å². The molecule has 2 heteroatoms. The molecule has 1 N–H and O–H groups in total. The van der Waals surface area contributed by atoms with Crippen LogP contribution in [0.15, 0.2) is 206 Å². The lowest BCUT2D eigenvalue weighted by Crippen LogP contribution is -2.75. The van der Waals surface area contributed by atoms with Crippen LogP contribution in [0.5, 0.6) is 0 Å². The lowest BCUT2D eigenvalue weighted by molar-refractivity contribution is 1.26. The standard InChI is InChI=1S/C49H37NSi/c1-6-20-36(21-7-1)43-35-44-42-31-17-16-24-38(42)34-45(44)49(48(43)37-22-8-2-9-23-37)50-46-32-18-19-33-47(46)51(39-25-10-3-11-26-39,40-27-12-4-13-28-40)41-29-14-5-15-30-41/h1-33,35,50H,34H2. The predicted octanol–water partition coefficient (Wildman–Crippen LogP) is 9.71. The van der Waals surface area contributed by atoms with Gasteiger partial charge < -0.3 is 5.32 Å². The van der Waals surface area contributed by atoms with E-state index >= 15 is 0 Å². The van der Waals surface area contributed by atoms with Crippen LogP contribution < -0.4 is 26.1 Å². The number of anilines is 2. The zero-order valence-electron chi connectivity index (χ0n) is 28.3. The summed E-state index contributed by atoms with van der Waals surface area (Å²) in [4.78, 5) is 0. The molecular weight excluding hydrogens is 631 g/mol. The predicted molar refractivity (Wildman–Crippen MR) is 219 cm³/mol. The van der Waals surface area contributed by atoms with E-state index < -0.39 is 8.07 Å². The molecule has 0 heterocycles. The molecule has 0 aromatic heterocycles. The monoisotopic (exact) mass is 667 g/mol. The Balaban J connectivity index is 1.36. The first kappa shape index (κ1) is 30.8. The number of hydrogen-bond acceptors (Lipinski definition) is 1. The molecule has 0 saturated carbocycles. The van der Waals surface area contributed by atoms with E-state index in [2.05, 4.69) is 212 Å². The minimum absolute atomic E-state index is 0.879. The van der Waals surface area contributed by atoms with Gasteiger partial charge in [-0.25, -0.2) is 0 Å². The maximum atomic E-state index is 4.23. The number of nitrogens with one attached hydrogen (secondary N) is 1. The molecule has 0 aliphatic heterocycles. The van der Waals surface area contributed by atoms with Gasteiger partial charge in [0.05, 0.1) is 5.69 Å². The van der Waals surface area contributed by atoms with Crippen LogP contribution in [0.4, 0.5) is 11.4 Å². The zero-order valence-corrected chi connectivity index (χ0v) is 29.3. The van der Waals surface area contributed by atoms with Gasteiger partial charge in [0.15, 0.2) is 8.07 Å². The van der Waals surface area contributed by atoms with Crippen molar-refractivity contribution in [2.45, 2.75) is 6.42 Å². The highest BCUT2D eigenvalue weighted by atomic mass is 28.3. The van der Waals surface area contributed by atoms with Crippen molar-refractivity contribution < 1.29 is 0 Å². The lowest BCUT2D eigenvalue weighted by Gasteiger charge is -2.36. The number of hydrogen-bond donors (Lipinski definition) is 1. The average Bonchev–Trinajstić information content (AvgIpc) is 3.59. The van der Waals surface area contributed by atoms with Gasteiger partial charge in [0.2, 0.25) is 0 Å². The SMILES string of the molecule is c1ccc(-c2cc3c(c(Nc4ccccc4[Si](c4ccccc4)(c4ccccc4)c4ccccc4)c2-c2ccccc2)Cc2ccccc2-3)cc1. The normalized spacial score (nSPS) is 11.8. The summed E-state index contributed by atoms with van der Waals surface area (Å²) in [5, 5.41) is 9.64. The average molecular weight is 668 g/mol. The second-order valence-electron chi connectivity index (χ2n) is 13.3. The highest BCUT2D eigenvalue weighted by Crippen LogP contribution is 2.50. The summed E-state index contributed by atoms with van der Waals surface area (Å²) < 4.78 is 0. The summed E-state index contributed by atoms with van der Waals surface area (Å²) in [6, 6.07) is 75.8. The maximum Gasteiger partial charge on any atom is 0.181 e. The Hall–Kier alpha value is -6.22. The van der Waals surface area contributed by atoms with Crippen molar-refractivity contribution in [1.82, 2.24) is 0 Å². The summed E-state index contributed by atoms with van der Waals surface area (Å²) >= 11 is 0. The number of fused-ring (bicyclic) bond motifs is 3. The molecule has 8 aromatic carbocycles. The van der Waals surface area contributed by atoms with Crippen molar-refractivity contribution in [2.24, 2.45) is 0 Å². The molecule has 0 unspecified atom stereocenters. The molecule has 0 amide bonds. The second kappa shape index (κ2) is 13.2. The topological polar surface area (TPSA) is 12.0 Å². The molecule has 1 aliphatic carbocycles. The first-order valence-corrected chi connectivity index (χ1v) is 19.7. The summed E-state index contributed by atoms with van der Waals surface area (Å²) in [6.45, 7) is 0. The van der Waals surface area contributed by atoms with E-state index in [4.69, 9.17) is 0 Å². The molecular formula is C49H37NSi. The molecule has 0 bridgehead atoms. The van der Waals surface area contributed by atoms with Gasteiger partial charge in [-0.2, -0.15) is 0 Å². The number of benzene rings is 8. The fourth-order valence-electron chi connectivity index (χ4n) is 8.25. The van der Waals surface area contributed by atoms with Crippen LogP contribution >= 0.6 is 0 Å². The Labute approximate surface area is 301 Å². The van der Waals surface area contributed by atoms with E-state index in [0.29, 0.717) is 0 Å². The van der Waals surface area contributed by atoms with Gasteiger partial charge in [-0.1, -0.05) is 194 Å². The fraction of sp³-hybridized carbons (Fsp3) is 0.0204. The first-order valence-electron chi connectivity index (χ1n) is 17.7. The molecule has 0 spiro atoms. The third kappa shape index (κ3) is 5.33. The van der Waals surface area contributed by atoms with E-state index in [0.717, 1.165) is 12.1 Å². The molecule has 242 valence electrons. The molecule has 9 rings (SSSR count). The van der Waals surface area contributed by atoms with Crippen LogP contribution in [0.3, 0.4) is 0 Å². The van der Waals surface area contributed by atoms with Crippen LogP contribution in [0.2, 0.25) is 0 Å². The van der Waals surface area contributed by atoms with Crippen molar-refractivity contribution in [3.05, 3.63) is 217 Å². The van der Waals surface area contributed by atoms with Crippen molar-refractivity contribution >= 4 is 40.2 Å². The number of rotatable bonds is 8. The van der Waals surface area contributed by atoms with Crippen molar-refractivity contribution in [3.63, 3.8) is 0 Å². The minimum Gasteiger partial charge on any atom is -0.355 e. The van der Waals surface area contributed by atoms with Gasteiger partial charge in [0.25, 0.3) is 0 Å². The largest absolute Gasteiger partial charge is 0.355 e. The van der Waals surface area contributed by atoms with Gasteiger partial charge in [0.1, 0.15) is 0 Å². The molecule has 0 atom stereocenters. The molecule has 8 aromatic rings. The summed E-state index contributed by atoms with van der Waals surface area (Å²) in [6.07, 6.45) is 0.879. The molecule has 0 saturated heterocycles. The van der Waals surface area contributed by atoms with Crippen molar-refractivity contribution in [3.8, 4) is 33.4 Å². The van der Waals surface area contributed by atoms with Gasteiger partial charge >= 0.3 is 0 Å². The van der Waals surface area contributed by atoms with Crippen LogP contribution in [0.1, 0.15) is 11.1 Å². The minimum atomic E-state index is -2.82. The third-order valence-electron chi connectivity index (χ3n) is 10.5. The lowest BCUT2D eigenvalue weighted by atomic mass is 9.87. The summed E-state index contributed by atoms with van der Waals surface area (Å²) in [5.74, 6) is 0. The van der Waals surface area contributed by atoms with E-state index in [1.807, 2.05) is 0 Å². The van der Waals surface area contributed by atoms with Gasteiger partial charge in [-0.15, -0.1) is 0 Å². The molecule has 1 aliphatic rings. The number of para-hydroxylation sites is 1. The highest BCUT2D eigenvalue weighted by Gasteiger charge is 2.43. The van der Waals surface area contributed by atoms with E-state index in [9.17, 15) is 0 Å². The van der Waals surface area contributed by atoms with Crippen molar-refractivity contribution in [1.29, 1.82) is 0 Å². The highest BCUT2D eigenvalue weighted by molar-refractivity contribution is 7.20. The van der Waals surface area contributed by atoms with Crippen LogP contribution in [0, 0.1) is 0 Å². The van der Waals surface area contributed by atoms with Gasteiger partial charge in [0, 0.05) is 17.7 Å². The molecule has 0 radical (unpaired) electrons. The Kier molecular flexibility index (Phi) is 8.00. The Morgan fingerprint density at radius 1 is 0.392 bits per heavy atom. The van der Waals surface area contributed by atoms with Crippen LogP contribution in [0.25, 0.3) is 33.4 Å². The fourth-order valence-corrected chi connectivity index (χ4v) is 13.2. The quantitative estimate of drug-likeness (QED) is 0.126. The van der Waals surface area contributed by atoms with Gasteiger partial charge in [-0.05, 0) is 71.8 Å².